The number of halogens is 1. The summed E-state index contributed by atoms with van der Waals surface area (Å²) in [6.07, 6.45) is 0.0807. The quantitative estimate of drug-likeness (QED) is 0.710. The third-order valence-corrected chi connectivity index (χ3v) is 1.94. The first-order chi connectivity index (χ1) is 6.18. The molecule has 66 valence electrons. The van der Waals surface area contributed by atoms with Crippen LogP contribution in [0.4, 0.5) is 10.1 Å². The lowest BCUT2D eigenvalue weighted by Gasteiger charge is -1.96. The fourth-order valence-electron chi connectivity index (χ4n) is 1.30. The van der Waals surface area contributed by atoms with Gasteiger partial charge in [0.1, 0.15) is 11.5 Å². The first kappa shape index (κ1) is 7.91. The van der Waals surface area contributed by atoms with E-state index in [2.05, 4.69) is 4.99 Å². The summed E-state index contributed by atoms with van der Waals surface area (Å²) in [5.41, 5.74) is 0.803. The van der Waals surface area contributed by atoms with E-state index in [0.717, 1.165) is 0 Å². The van der Waals surface area contributed by atoms with Crippen LogP contribution in [0.2, 0.25) is 0 Å². The summed E-state index contributed by atoms with van der Waals surface area (Å²) in [5.74, 6) is -1.48. The van der Waals surface area contributed by atoms with E-state index in [1.54, 1.807) is 6.07 Å². The van der Waals surface area contributed by atoms with Crippen molar-refractivity contribution >= 4 is 17.4 Å². The molecule has 1 aliphatic rings. The molecule has 0 fully saturated rings. The van der Waals surface area contributed by atoms with E-state index in [1.165, 1.54) is 12.1 Å². The zero-order valence-electron chi connectivity index (χ0n) is 6.62. The Hall–Kier alpha value is -1.71. The molecule has 0 amide bonds. The number of carboxylic acid groups (broad SMARTS) is 1. The molecule has 0 aliphatic carbocycles. The molecule has 4 heteroatoms. The summed E-state index contributed by atoms with van der Waals surface area (Å²) in [6, 6.07) is 4.43. The van der Waals surface area contributed by atoms with E-state index < -0.39 is 11.8 Å². The molecule has 0 bridgehead atoms. The van der Waals surface area contributed by atoms with Crippen LogP contribution < -0.4 is 0 Å². The Morgan fingerprint density at radius 1 is 1.54 bits per heavy atom. The minimum Gasteiger partial charge on any atom is -0.477 e. The lowest BCUT2D eigenvalue weighted by molar-refractivity contribution is -0.129. The van der Waals surface area contributed by atoms with Crippen LogP contribution in [0.3, 0.4) is 0 Å². The maximum atomic E-state index is 13.1. The second-order valence-corrected chi connectivity index (χ2v) is 2.78. The Bertz CT molecular complexity index is 412. The van der Waals surface area contributed by atoms with Crippen LogP contribution in [0, 0.1) is 5.82 Å². The summed E-state index contributed by atoms with van der Waals surface area (Å²) >= 11 is 0. The Kier molecular flexibility index (Phi) is 1.62. The fourth-order valence-corrected chi connectivity index (χ4v) is 1.30. The Morgan fingerprint density at radius 2 is 2.31 bits per heavy atom. The van der Waals surface area contributed by atoms with Gasteiger partial charge >= 0.3 is 5.97 Å². The molecule has 0 saturated heterocycles. The van der Waals surface area contributed by atoms with Gasteiger partial charge < -0.3 is 5.11 Å². The van der Waals surface area contributed by atoms with Gasteiger partial charge in [0, 0.05) is 12.0 Å². The van der Waals surface area contributed by atoms with Gasteiger partial charge in [0.15, 0.2) is 0 Å². The van der Waals surface area contributed by atoms with Crippen molar-refractivity contribution in [2.24, 2.45) is 4.99 Å². The number of aliphatic imine (C=N–C) groups is 1. The normalized spacial score (nSPS) is 13.8. The second kappa shape index (κ2) is 2.65. The Balaban J connectivity index is 2.46. The molecule has 1 aromatic carbocycles. The highest BCUT2D eigenvalue weighted by molar-refractivity contribution is 6.37. The molecule has 0 unspecified atom stereocenters. The number of benzene rings is 1. The predicted octanol–water partition coefficient (Wildman–Crippen LogP) is 1.54. The van der Waals surface area contributed by atoms with E-state index in [9.17, 15) is 9.18 Å². The molecule has 1 N–H and O–H groups in total. The van der Waals surface area contributed by atoms with Crippen molar-refractivity contribution in [2.45, 2.75) is 6.42 Å². The first-order valence-electron chi connectivity index (χ1n) is 3.77. The van der Waals surface area contributed by atoms with Gasteiger partial charge in [0.05, 0.1) is 5.69 Å². The standard InChI is InChI=1S/C9H6FNO2/c10-6-2-1-3-7-5(6)4-8(11-7)9(12)13/h1-3H,4H2,(H,12,13). The van der Waals surface area contributed by atoms with Crippen molar-refractivity contribution in [3.8, 4) is 0 Å². The summed E-state index contributed by atoms with van der Waals surface area (Å²) in [4.78, 5) is 14.3. The van der Waals surface area contributed by atoms with E-state index in [-0.39, 0.29) is 12.1 Å². The molecule has 3 nitrogen and oxygen atoms in total. The molecule has 1 aliphatic heterocycles. The SMILES string of the molecule is O=C(O)C1=Nc2cccc(F)c2C1. The molecule has 0 radical (unpaired) electrons. The Morgan fingerprint density at radius 3 is 2.92 bits per heavy atom. The molecule has 0 atom stereocenters. The van der Waals surface area contributed by atoms with E-state index >= 15 is 0 Å². The van der Waals surface area contributed by atoms with Crippen molar-refractivity contribution in [1.82, 2.24) is 0 Å². The summed E-state index contributed by atoms with van der Waals surface area (Å²) in [7, 11) is 0. The summed E-state index contributed by atoms with van der Waals surface area (Å²) in [6.45, 7) is 0. The fraction of sp³-hybridized carbons (Fsp3) is 0.111. The van der Waals surface area contributed by atoms with Crippen LogP contribution in [0.1, 0.15) is 5.56 Å². The van der Waals surface area contributed by atoms with Gasteiger partial charge in [-0.25, -0.2) is 14.2 Å². The topological polar surface area (TPSA) is 49.7 Å². The summed E-state index contributed by atoms with van der Waals surface area (Å²) in [5, 5.41) is 8.62. The highest BCUT2D eigenvalue weighted by Gasteiger charge is 2.22. The van der Waals surface area contributed by atoms with Crippen LogP contribution in [0.5, 0.6) is 0 Å². The minimum absolute atomic E-state index is 0.0000926. The van der Waals surface area contributed by atoms with Crippen molar-refractivity contribution in [3.05, 3.63) is 29.6 Å². The highest BCUT2D eigenvalue weighted by Crippen LogP contribution is 2.28. The molecule has 0 aromatic heterocycles. The van der Waals surface area contributed by atoms with Gasteiger partial charge in [-0.3, -0.25) is 0 Å². The van der Waals surface area contributed by atoms with Gasteiger partial charge in [-0.1, -0.05) is 6.07 Å². The van der Waals surface area contributed by atoms with Gasteiger partial charge in [0.2, 0.25) is 0 Å². The van der Waals surface area contributed by atoms with Crippen molar-refractivity contribution in [1.29, 1.82) is 0 Å². The van der Waals surface area contributed by atoms with Crippen LogP contribution >= 0.6 is 0 Å². The highest BCUT2D eigenvalue weighted by atomic mass is 19.1. The molecular weight excluding hydrogens is 173 g/mol. The molecule has 13 heavy (non-hydrogen) atoms. The first-order valence-corrected chi connectivity index (χ1v) is 3.77. The molecular formula is C9H6FNO2. The van der Waals surface area contributed by atoms with Gasteiger partial charge in [-0.2, -0.15) is 0 Å². The second-order valence-electron chi connectivity index (χ2n) is 2.78. The van der Waals surface area contributed by atoms with Gasteiger partial charge in [-0.05, 0) is 12.1 Å². The van der Waals surface area contributed by atoms with Gasteiger partial charge in [-0.15, -0.1) is 0 Å². The van der Waals surface area contributed by atoms with E-state index in [0.29, 0.717) is 11.3 Å². The van der Waals surface area contributed by atoms with Crippen molar-refractivity contribution in [3.63, 3.8) is 0 Å². The van der Waals surface area contributed by atoms with Crippen LogP contribution in [-0.4, -0.2) is 16.8 Å². The minimum atomic E-state index is -1.09. The van der Waals surface area contributed by atoms with Crippen molar-refractivity contribution < 1.29 is 14.3 Å². The number of rotatable bonds is 1. The zero-order valence-corrected chi connectivity index (χ0v) is 6.62. The Labute approximate surface area is 73.5 Å². The number of carbonyl (C=O) groups is 1. The average Bonchev–Trinajstić information content (AvgIpc) is 2.49. The maximum absolute atomic E-state index is 13.1. The number of nitrogens with zero attached hydrogens (tertiary/aromatic N) is 1. The molecule has 2 rings (SSSR count). The number of carboxylic acids is 1. The molecule has 1 aromatic rings. The number of hydrogen-bond donors (Lipinski definition) is 1. The lowest BCUT2D eigenvalue weighted by Crippen LogP contribution is -2.12. The monoisotopic (exact) mass is 179 g/mol. The maximum Gasteiger partial charge on any atom is 0.350 e. The number of hydrogen-bond acceptors (Lipinski definition) is 2. The van der Waals surface area contributed by atoms with Crippen LogP contribution in [0.25, 0.3) is 0 Å². The third-order valence-electron chi connectivity index (χ3n) is 1.94. The largest absolute Gasteiger partial charge is 0.477 e. The predicted molar refractivity (Wildman–Crippen MR) is 44.8 cm³/mol. The average molecular weight is 179 g/mol. The van der Waals surface area contributed by atoms with Crippen LogP contribution in [-0.2, 0) is 11.2 Å². The smallest absolute Gasteiger partial charge is 0.350 e. The van der Waals surface area contributed by atoms with Crippen molar-refractivity contribution in [2.75, 3.05) is 0 Å². The number of fused-ring (bicyclic) bond motifs is 1. The number of aliphatic carboxylic acids is 1. The zero-order chi connectivity index (χ0) is 9.42. The summed E-state index contributed by atoms with van der Waals surface area (Å²) < 4.78 is 13.1. The van der Waals surface area contributed by atoms with Gasteiger partial charge in [0.25, 0.3) is 0 Å². The van der Waals surface area contributed by atoms with E-state index in [1.807, 2.05) is 0 Å². The molecule has 1 heterocycles. The molecule has 0 spiro atoms. The third kappa shape index (κ3) is 1.20. The van der Waals surface area contributed by atoms with Crippen LogP contribution in [0.15, 0.2) is 23.2 Å². The molecule has 0 saturated carbocycles. The van der Waals surface area contributed by atoms with E-state index in [4.69, 9.17) is 5.11 Å². The lowest BCUT2D eigenvalue weighted by atomic mass is 10.1.